The van der Waals surface area contributed by atoms with E-state index in [0.717, 1.165) is 22.4 Å². The molecular formula is C33H33N5O4. The molecule has 3 heterocycles. The van der Waals surface area contributed by atoms with Gasteiger partial charge in [-0.1, -0.05) is 48.5 Å². The Labute approximate surface area is 244 Å². The molecule has 0 atom stereocenters. The van der Waals surface area contributed by atoms with Crippen molar-refractivity contribution in [1.82, 2.24) is 14.7 Å². The predicted octanol–water partition coefficient (Wildman–Crippen LogP) is 4.64. The van der Waals surface area contributed by atoms with Crippen LogP contribution in [0.4, 0.5) is 11.4 Å². The summed E-state index contributed by atoms with van der Waals surface area (Å²) in [6.45, 7) is 2.85. The largest absolute Gasteiger partial charge is 0.461 e. The Hall–Kier alpha value is -4.92. The molecule has 2 amide bonds. The summed E-state index contributed by atoms with van der Waals surface area (Å²) in [6.07, 6.45) is 4.77. The molecule has 0 unspecified atom stereocenters. The average Bonchev–Trinajstić information content (AvgIpc) is 3.70. The van der Waals surface area contributed by atoms with Crippen LogP contribution in [0.2, 0.25) is 0 Å². The van der Waals surface area contributed by atoms with Crippen molar-refractivity contribution in [3.8, 4) is 0 Å². The van der Waals surface area contributed by atoms with Crippen molar-refractivity contribution in [3.63, 3.8) is 0 Å². The molecule has 0 saturated carbocycles. The van der Waals surface area contributed by atoms with Gasteiger partial charge in [0.25, 0.3) is 5.91 Å². The van der Waals surface area contributed by atoms with E-state index in [1.165, 1.54) is 0 Å². The van der Waals surface area contributed by atoms with Crippen molar-refractivity contribution in [2.45, 2.75) is 39.1 Å². The van der Waals surface area contributed by atoms with Crippen LogP contribution in [0.5, 0.6) is 0 Å². The lowest BCUT2D eigenvalue weighted by molar-refractivity contribution is -0.150. The summed E-state index contributed by atoms with van der Waals surface area (Å²) in [4.78, 5) is 42.8. The molecule has 9 nitrogen and oxygen atoms in total. The molecule has 3 aromatic carbocycles. The lowest BCUT2D eigenvalue weighted by Gasteiger charge is -2.33. The number of amides is 2. The summed E-state index contributed by atoms with van der Waals surface area (Å²) in [5.74, 6) is -0.506. The van der Waals surface area contributed by atoms with Crippen LogP contribution in [0.3, 0.4) is 0 Å². The maximum absolute atomic E-state index is 13.4. The molecule has 9 heteroatoms. The minimum absolute atomic E-state index is 0.00244. The molecule has 0 radical (unpaired) electrons. The van der Waals surface area contributed by atoms with Gasteiger partial charge < -0.3 is 19.9 Å². The van der Waals surface area contributed by atoms with E-state index in [1.54, 1.807) is 28.0 Å². The third kappa shape index (κ3) is 6.20. The van der Waals surface area contributed by atoms with E-state index < -0.39 is 0 Å². The number of ether oxygens (including phenoxy) is 1. The number of para-hydroxylation sites is 1. The molecule has 1 saturated heterocycles. The van der Waals surface area contributed by atoms with Gasteiger partial charge in [0.1, 0.15) is 13.2 Å². The van der Waals surface area contributed by atoms with Crippen LogP contribution in [0.25, 0.3) is 0 Å². The fraction of sp³-hybridized carbons (Fsp3) is 0.273. The highest BCUT2D eigenvalue weighted by Gasteiger charge is 2.28. The summed E-state index contributed by atoms with van der Waals surface area (Å²) >= 11 is 0. The first-order valence-corrected chi connectivity index (χ1v) is 14.3. The van der Waals surface area contributed by atoms with Crippen LogP contribution in [-0.2, 0) is 40.6 Å². The number of fused-ring (bicyclic) bond motifs is 1. The number of aromatic nitrogens is 2. The topological polar surface area (TPSA) is 96.8 Å². The van der Waals surface area contributed by atoms with Crippen LogP contribution < -0.4 is 10.2 Å². The Morgan fingerprint density at radius 1 is 0.881 bits per heavy atom. The molecule has 42 heavy (non-hydrogen) atoms. The first-order valence-electron chi connectivity index (χ1n) is 14.3. The van der Waals surface area contributed by atoms with E-state index >= 15 is 0 Å². The van der Waals surface area contributed by atoms with Crippen LogP contribution >= 0.6 is 0 Å². The first kappa shape index (κ1) is 27.3. The van der Waals surface area contributed by atoms with E-state index in [-0.39, 0.29) is 36.9 Å². The van der Waals surface area contributed by atoms with Gasteiger partial charge in [-0.05, 0) is 59.9 Å². The zero-order chi connectivity index (χ0) is 28.9. The Bertz CT molecular complexity index is 1560. The molecule has 6 rings (SSSR count). The second-order valence-electron chi connectivity index (χ2n) is 10.8. The minimum Gasteiger partial charge on any atom is -0.461 e. The van der Waals surface area contributed by atoms with Crippen LogP contribution in [0, 0.1) is 5.92 Å². The number of nitrogens with one attached hydrogen (secondary N) is 1. The number of carbonyl (C=O) groups excluding carboxylic acids is 3. The Morgan fingerprint density at radius 2 is 1.64 bits per heavy atom. The molecule has 0 bridgehead atoms. The molecule has 2 aliphatic rings. The molecule has 4 aromatic rings. The second kappa shape index (κ2) is 12.3. The predicted molar refractivity (Wildman–Crippen MR) is 158 cm³/mol. The van der Waals surface area contributed by atoms with E-state index in [1.807, 2.05) is 72.8 Å². The van der Waals surface area contributed by atoms with E-state index in [2.05, 4.69) is 15.3 Å². The van der Waals surface area contributed by atoms with Crippen molar-refractivity contribution in [3.05, 3.63) is 114 Å². The Kier molecular flexibility index (Phi) is 7.98. The summed E-state index contributed by atoms with van der Waals surface area (Å²) < 4.78 is 7.18. The van der Waals surface area contributed by atoms with E-state index in [0.29, 0.717) is 50.3 Å². The van der Waals surface area contributed by atoms with Crippen LogP contribution in [0.1, 0.15) is 39.9 Å². The molecule has 214 valence electrons. The number of esters is 1. The fourth-order valence-corrected chi connectivity index (χ4v) is 5.62. The molecule has 0 aliphatic carbocycles. The van der Waals surface area contributed by atoms with Crippen LogP contribution in [0.15, 0.2) is 91.3 Å². The smallest absolute Gasteiger partial charge is 0.309 e. The average molecular weight is 564 g/mol. The lowest BCUT2D eigenvalue weighted by Crippen LogP contribution is -2.37. The maximum atomic E-state index is 13.4. The van der Waals surface area contributed by atoms with Crippen LogP contribution in [-0.4, -0.2) is 45.6 Å². The van der Waals surface area contributed by atoms with E-state index in [4.69, 9.17) is 4.74 Å². The number of hydrogen-bond acceptors (Lipinski definition) is 6. The second-order valence-corrected chi connectivity index (χ2v) is 10.8. The van der Waals surface area contributed by atoms with Crippen molar-refractivity contribution in [1.29, 1.82) is 0 Å². The van der Waals surface area contributed by atoms with Gasteiger partial charge in [0.2, 0.25) is 5.91 Å². The zero-order valence-corrected chi connectivity index (χ0v) is 23.3. The number of carbonyl (C=O) groups is 3. The first-order chi connectivity index (χ1) is 20.5. The number of anilines is 2. The van der Waals surface area contributed by atoms with Gasteiger partial charge in [0.05, 0.1) is 11.5 Å². The monoisotopic (exact) mass is 563 g/mol. The Morgan fingerprint density at radius 3 is 2.43 bits per heavy atom. The van der Waals surface area contributed by atoms with Gasteiger partial charge >= 0.3 is 5.97 Å². The normalized spacial score (nSPS) is 14.9. The highest BCUT2D eigenvalue weighted by molar-refractivity contribution is 6.08. The van der Waals surface area contributed by atoms with Gasteiger partial charge in [0, 0.05) is 49.9 Å². The van der Waals surface area contributed by atoms with Gasteiger partial charge in [-0.3, -0.25) is 19.1 Å². The standard InChI is InChI=1S/C33H33N5O4/c39-31(22-38-16-6-15-34-38)37-20-26-11-12-28(19-27(26)21-37)35-32(40)29-9-4-5-10-30(29)36-17-13-25(14-18-36)33(41)42-23-24-7-2-1-3-8-24/h1-12,15-16,19,25H,13-14,17-18,20-23H2,(H,35,40). The third-order valence-electron chi connectivity index (χ3n) is 7.94. The molecular weight excluding hydrogens is 530 g/mol. The summed E-state index contributed by atoms with van der Waals surface area (Å²) in [5, 5.41) is 7.17. The lowest BCUT2D eigenvalue weighted by atomic mass is 9.96. The SMILES string of the molecule is O=C(Nc1ccc2c(c1)CN(C(=O)Cn1cccn1)C2)c1ccccc1N1CCC(C(=O)OCc2ccccc2)CC1. The number of benzene rings is 3. The number of piperidine rings is 1. The number of nitrogens with zero attached hydrogens (tertiary/aromatic N) is 4. The van der Waals surface area contributed by atoms with Crippen molar-refractivity contribution in [2.75, 3.05) is 23.3 Å². The molecule has 0 spiro atoms. The number of hydrogen-bond donors (Lipinski definition) is 1. The molecule has 1 N–H and O–H groups in total. The van der Waals surface area contributed by atoms with Crippen molar-refractivity contribution >= 4 is 29.2 Å². The van der Waals surface area contributed by atoms with Gasteiger partial charge in [-0.25, -0.2) is 0 Å². The zero-order valence-electron chi connectivity index (χ0n) is 23.3. The fourth-order valence-electron chi connectivity index (χ4n) is 5.62. The van der Waals surface area contributed by atoms with Gasteiger partial charge in [-0.15, -0.1) is 0 Å². The highest BCUT2D eigenvalue weighted by Crippen LogP contribution is 2.30. The number of rotatable bonds is 8. The maximum Gasteiger partial charge on any atom is 0.309 e. The van der Waals surface area contributed by atoms with Crippen molar-refractivity contribution < 1.29 is 19.1 Å². The third-order valence-corrected chi connectivity index (χ3v) is 7.94. The summed E-state index contributed by atoms with van der Waals surface area (Å²) in [7, 11) is 0. The van der Waals surface area contributed by atoms with Gasteiger partial charge in [0.15, 0.2) is 0 Å². The molecule has 1 aromatic heterocycles. The van der Waals surface area contributed by atoms with Crippen molar-refractivity contribution in [2.24, 2.45) is 5.92 Å². The summed E-state index contributed by atoms with van der Waals surface area (Å²) in [6, 6.07) is 24.9. The minimum atomic E-state index is -0.195. The highest BCUT2D eigenvalue weighted by atomic mass is 16.5. The quantitative estimate of drug-likeness (QED) is 0.314. The Balaban J connectivity index is 1.05. The summed E-state index contributed by atoms with van der Waals surface area (Å²) in [5.41, 5.74) is 5.20. The van der Waals surface area contributed by atoms with E-state index in [9.17, 15) is 14.4 Å². The van der Waals surface area contributed by atoms with Gasteiger partial charge in [-0.2, -0.15) is 5.10 Å². The molecule has 2 aliphatic heterocycles. The molecule has 1 fully saturated rings.